The summed E-state index contributed by atoms with van der Waals surface area (Å²) in [6.45, 7) is 4.28. The van der Waals surface area contributed by atoms with Crippen LogP contribution in [0, 0.1) is 0 Å². The molecule has 1 aliphatic heterocycles. The van der Waals surface area contributed by atoms with Crippen molar-refractivity contribution in [1.82, 2.24) is 5.32 Å². The fraction of sp³-hybridized carbons (Fsp3) is 0.263. The number of benzene rings is 2. The number of rotatable bonds is 6. The Morgan fingerprint density at radius 3 is 2.64 bits per heavy atom. The standard InChI is InChI=1S/C19H21N3O3/c1-2-25-13-15-5-3-4-6-17(15)21-18(23)14-7-9-16(10-8-14)22-12-11-20-19(22)24/h3-10H,2,11-13H2,1H3,(H,20,24)(H,21,23). The lowest BCUT2D eigenvalue weighted by atomic mass is 10.1. The van der Waals surface area contributed by atoms with E-state index in [0.717, 1.165) is 16.9 Å². The maximum Gasteiger partial charge on any atom is 0.321 e. The van der Waals surface area contributed by atoms with Crippen molar-refractivity contribution in [2.24, 2.45) is 0 Å². The van der Waals surface area contributed by atoms with Gasteiger partial charge in [-0.2, -0.15) is 0 Å². The van der Waals surface area contributed by atoms with Gasteiger partial charge in [-0.05, 0) is 37.3 Å². The van der Waals surface area contributed by atoms with E-state index < -0.39 is 0 Å². The molecule has 0 aliphatic carbocycles. The van der Waals surface area contributed by atoms with Gasteiger partial charge in [-0.15, -0.1) is 0 Å². The van der Waals surface area contributed by atoms with Crippen LogP contribution in [0.4, 0.5) is 16.2 Å². The number of anilines is 2. The van der Waals surface area contributed by atoms with Crippen molar-refractivity contribution < 1.29 is 14.3 Å². The Labute approximate surface area is 146 Å². The van der Waals surface area contributed by atoms with E-state index in [1.165, 1.54) is 0 Å². The normalized spacial score (nSPS) is 13.6. The molecule has 0 saturated carbocycles. The van der Waals surface area contributed by atoms with Gasteiger partial charge in [0, 0.05) is 42.2 Å². The number of nitrogens with one attached hydrogen (secondary N) is 2. The maximum atomic E-state index is 12.5. The van der Waals surface area contributed by atoms with E-state index in [1.54, 1.807) is 29.2 Å². The Morgan fingerprint density at radius 1 is 1.20 bits per heavy atom. The second kappa shape index (κ2) is 7.81. The molecule has 1 fully saturated rings. The Bertz CT molecular complexity index is 759. The van der Waals surface area contributed by atoms with E-state index >= 15 is 0 Å². The molecule has 3 amide bonds. The predicted octanol–water partition coefficient (Wildman–Crippen LogP) is 3.01. The van der Waals surface area contributed by atoms with Crippen molar-refractivity contribution in [3.8, 4) is 0 Å². The monoisotopic (exact) mass is 339 g/mol. The molecule has 3 rings (SSSR count). The Balaban J connectivity index is 1.70. The largest absolute Gasteiger partial charge is 0.377 e. The van der Waals surface area contributed by atoms with Gasteiger partial charge in [-0.25, -0.2) is 4.79 Å². The molecule has 1 saturated heterocycles. The number of hydrogen-bond donors (Lipinski definition) is 2. The van der Waals surface area contributed by atoms with Gasteiger partial charge in [0.15, 0.2) is 0 Å². The number of para-hydroxylation sites is 1. The van der Waals surface area contributed by atoms with E-state index in [4.69, 9.17) is 4.74 Å². The third-order valence-corrected chi connectivity index (χ3v) is 4.03. The topological polar surface area (TPSA) is 70.7 Å². The molecule has 0 bridgehead atoms. The van der Waals surface area contributed by atoms with Crippen LogP contribution in [-0.2, 0) is 11.3 Å². The molecular formula is C19H21N3O3. The molecular weight excluding hydrogens is 318 g/mol. The van der Waals surface area contributed by atoms with E-state index in [0.29, 0.717) is 31.9 Å². The van der Waals surface area contributed by atoms with Crippen molar-refractivity contribution in [2.45, 2.75) is 13.5 Å². The van der Waals surface area contributed by atoms with Crippen LogP contribution in [0.2, 0.25) is 0 Å². The minimum atomic E-state index is -0.193. The van der Waals surface area contributed by atoms with E-state index in [-0.39, 0.29) is 11.9 Å². The molecule has 2 aromatic rings. The quantitative estimate of drug-likeness (QED) is 0.850. The summed E-state index contributed by atoms with van der Waals surface area (Å²) in [4.78, 5) is 25.8. The summed E-state index contributed by atoms with van der Waals surface area (Å²) in [6.07, 6.45) is 0. The fourth-order valence-corrected chi connectivity index (χ4v) is 2.69. The highest BCUT2D eigenvalue weighted by molar-refractivity contribution is 6.05. The summed E-state index contributed by atoms with van der Waals surface area (Å²) >= 11 is 0. The zero-order valence-corrected chi connectivity index (χ0v) is 14.1. The first kappa shape index (κ1) is 17.0. The summed E-state index contributed by atoms with van der Waals surface area (Å²) in [5.41, 5.74) is 2.99. The molecule has 0 radical (unpaired) electrons. The third kappa shape index (κ3) is 3.97. The van der Waals surface area contributed by atoms with Crippen LogP contribution < -0.4 is 15.5 Å². The van der Waals surface area contributed by atoms with E-state index in [2.05, 4.69) is 10.6 Å². The Morgan fingerprint density at radius 2 is 1.96 bits per heavy atom. The molecule has 2 N–H and O–H groups in total. The first-order chi connectivity index (χ1) is 12.2. The molecule has 0 aromatic heterocycles. The van der Waals surface area contributed by atoms with Crippen LogP contribution >= 0.6 is 0 Å². The highest BCUT2D eigenvalue weighted by Gasteiger charge is 2.21. The average molecular weight is 339 g/mol. The number of amides is 3. The molecule has 6 nitrogen and oxygen atoms in total. The smallest absolute Gasteiger partial charge is 0.321 e. The summed E-state index contributed by atoms with van der Waals surface area (Å²) in [5.74, 6) is -0.193. The molecule has 6 heteroatoms. The predicted molar refractivity (Wildman–Crippen MR) is 96.9 cm³/mol. The first-order valence-electron chi connectivity index (χ1n) is 8.31. The highest BCUT2D eigenvalue weighted by atomic mass is 16.5. The summed E-state index contributed by atoms with van der Waals surface area (Å²) < 4.78 is 5.44. The molecule has 25 heavy (non-hydrogen) atoms. The zero-order valence-electron chi connectivity index (χ0n) is 14.1. The maximum absolute atomic E-state index is 12.5. The SMILES string of the molecule is CCOCc1ccccc1NC(=O)c1ccc(N2CCNC2=O)cc1. The molecule has 0 unspecified atom stereocenters. The lowest BCUT2D eigenvalue weighted by molar-refractivity contribution is 0.102. The second-order valence-electron chi connectivity index (χ2n) is 5.68. The molecule has 2 aromatic carbocycles. The van der Waals surface area contributed by atoms with E-state index in [1.807, 2.05) is 31.2 Å². The fourth-order valence-electron chi connectivity index (χ4n) is 2.69. The summed E-state index contributed by atoms with van der Waals surface area (Å²) in [6, 6.07) is 14.5. The van der Waals surface area contributed by atoms with Gasteiger partial charge < -0.3 is 15.4 Å². The van der Waals surface area contributed by atoms with Crippen molar-refractivity contribution >= 4 is 23.3 Å². The lowest BCUT2D eigenvalue weighted by Gasteiger charge is -2.15. The number of carbonyl (C=O) groups is 2. The minimum absolute atomic E-state index is 0.109. The minimum Gasteiger partial charge on any atom is -0.377 e. The van der Waals surface area contributed by atoms with Crippen LogP contribution in [-0.4, -0.2) is 31.6 Å². The Kier molecular flexibility index (Phi) is 5.30. The second-order valence-corrected chi connectivity index (χ2v) is 5.68. The molecule has 1 heterocycles. The van der Waals surface area contributed by atoms with Gasteiger partial charge in [0.1, 0.15) is 0 Å². The molecule has 0 spiro atoms. The molecule has 0 atom stereocenters. The van der Waals surface area contributed by atoms with Gasteiger partial charge in [-0.1, -0.05) is 18.2 Å². The third-order valence-electron chi connectivity index (χ3n) is 4.03. The van der Waals surface area contributed by atoms with Gasteiger partial charge in [0.2, 0.25) is 0 Å². The number of hydrogen-bond acceptors (Lipinski definition) is 3. The van der Waals surface area contributed by atoms with Gasteiger partial charge in [0.05, 0.1) is 6.61 Å². The molecule has 1 aliphatic rings. The number of urea groups is 1. The van der Waals surface area contributed by atoms with Crippen molar-refractivity contribution in [3.05, 3.63) is 59.7 Å². The van der Waals surface area contributed by atoms with Gasteiger partial charge >= 0.3 is 6.03 Å². The lowest BCUT2D eigenvalue weighted by Crippen LogP contribution is -2.27. The number of ether oxygens (including phenoxy) is 1. The van der Waals surface area contributed by atoms with Gasteiger partial charge in [0.25, 0.3) is 5.91 Å². The van der Waals surface area contributed by atoms with Crippen LogP contribution in [0.15, 0.2) is 48.5 Å². The highest BCUT2D eigenvalue weighted by Crippen LogP contribution is 2.20. The van der Waals surface area contributed by atoms with Crippen LogP contribution in [0.1, 0.15) is 22.8 Å². The summed E-state index contributed by atoms with van der Waals surface area (Å²) in [5, 5.41) is 5.68. The number of carbonyl (C=O) groups excluding carboxylic acids is 2. The van der Waals surface area contributed by atoms with Crippen LogP contribution in [0.25, 0.3) is 0 Å². The Hall–Kier alpha value is -2.86. The van der Waals surface area contributed by atoms with Gasteiger partial charge in [-0.3, -0.25) is 9.69 Å². The first-order valence-corrected chi connectivity index (χ1v) is 8.31. The van der Waals surface area contributed by atoms with Crippen molar-refractivity contribution in [2.75, 3.05) is 29.9 Å². The zero-order chi connectivity index (χ0) is 17.6. The van der Waals surface area contributed by atoms with Crippen molar-refractivity contribution in [1.29, 1.82) is 0 Å². The average Bonchev–Trinajstić information content (AvgIpc) is 3.07. The number of nitrogens with zero attached hydrogens (tertiary/aromatic N) is 1. The van der Waals surface area contributed by atoms with Crippen LogP contribution in [0.5, 0.6) is 0 Å². The van der Waals surface area contributed by atoms with Crippen LogP contribution in [0.3, 0.4) is 0 Å². The van der Waals surface area contributed by atoms with Crippen molar-refractivity contribution in [3.63, 3.8) is 0 Å². The van der Waals surface area contributed by atoms with E-state index in [9.17, 15) is 9.59 Å². The molecule has 130 valence electrons. The summed E-state index contributed by atoms with van der Waals surface area (Å²) in [7, 11) is 0.